The third-order valence-electron chi connectivity index (χ3n) is 6.50. The monoisotopic (exact) mass is 705 g/mol. The van der Waals surface area contributed by atoms with Crippen molar-refractivity contribution in [2.75, 3.05) is 11.9 Å². The molecule has 6 aromatic rings. The van der Waals surface area contributed by atoms with E-state index in [9.17, 15) is 19.7 Å². The molecule has 0 atom stereocenters. The summed E-state index contributed by atoms with van der Waals surface area (Å²) in [6.07, 6.45) is 1.21. The van der Waals surface area contributed by atoms with Crippen LogP contribution in [0, 0.1) is 10.1 Å². The number of fused-ring (bicyclic) bond motifs is 2. The fraction of sp³-hybridized carbons (Fsp3) is 0.0323. The Balaban J connectivity index is 1.42. The van der Waals surface area contributed by atoms with Crippen molar-refractivity contribution >= 4 is 84.5 Å². The number of furan rings is 1. The topological polar surface area (TPSA) is 142 Å². The van der Waals surface area contributed by atoms with E-state index < -0.39 is 28.7 Å². The van der Waals surface area contributed by atoms with Crippen molar-refractivity contribution in [1.29, 1.82) is 0 Å². The van der Waals surface area contributed by atoms with Crippen molar-refractivity contribution in [3.63, 3.8) is 0 Å². The summed E-state index contributed by atoms with van der Waals surface area (Å²) in [6.45, 7) is -0.559. The van der Waals surface area contributed by atoms with Crippen LogP contribution in [0.1, 0.15) is 5.56 Å². The molecule has 0 fully saturated rings. The van der Waals surface area contributed by atoms with E-state index in [1.807, 2.05) is 0 Å². The van der Waals surface area contributed by atoms with Crippen molar-refractivity contribution in [2.24, 2.45) is 5.10 Å². The number of nitro groups is 1. The molecule has 0 bridgehead atoms. The first-order valence-electron chi connectivity index (χ1n) is 13.1. The predicted molar refractivity (Wildman–Crippen MR) is 176 cm³/mol. The molecule has 0 aliphatic carbocycles. The molecule has 0 saturated carbocycles. The first-order chi connectivity index (χ1) is 21.7. The summed E-state index contributed by atoms with van der Waals surface area (Å²) in [5, 5.41) is 21.0. The zero-order valence-electron chi connectivity index (χ0n) is 22.7. The van der Waals surface area contributed by atoms with Gasteiger partial charge in [0.15, 0.2) is 12.4 Å². The maximum atomic E-state index is 13.7. The zero-order valence-corrected chi connectivity index (χ0v) is 25.8. The van der Waals surface area contributed by atoms with Gasteiger partial charge in [0.05, 0.1) is 22.0 Å². The lowest BCUT2D eigenvalue weighted by atomic mass is 10.2. The fourth-order valence-corrected chi connectivity index (χ4v) is 5.26. The standard InChI is InChI=1S/C31H18BrCl2N5O6/c32-19-11-18(29(25(14-19)39(42)43)44-16-28(40)36-22-8-5-20(33)6-9-22)15-35-38-30(37-24-4-2-1-3-23(24)31(38)41)27-13-17-12-21(34)7-10-26(17)45-27/h1-15H,16H2,(H,36,40). The predicted octanol–water partition coefficient (Wildman–Crippen LogP) is 7.69. The number of benzene rings is 4. The second-order valence-corrected chi connectivity index (χ2v) is 11.3. The Morgan fingerprint density at radius 2 is 1.82 bits per heavy atom. The Morgan fingerprint density at radius 3 is 2.60 bits per heavy atom. The molecular formula is C31H18BrCl2N5O6. The van der Waals surface area contributed by atoms with E-state index in [2.05, 4.69) is 31.3 Å². The van der Waals surface area contributed by atoms with E-state index in [1.165, 1.54) is 18.3 Å². The first kappa shape index (κ1) is 30.0. The number of rotatable bonds is 8. The van der Waals surface area contributed by atoms with Crippen LogP contribution in [0.25, 0.3) is 33.5 Å². The molecule has 224 valence electrons. The van der Waals surface area contributed by atoms with Crippen molar-refractivity contribution in [1.82, 2.24) is 9.66 Å². The Labute approximate surface area is 271 Å². The van der Waals surface area contributed by atoms with Crippen molar-refractivity contribution < 1.29 is 18.9 Å². The second-order valence-electron chi connectivity index (χ2n) is 9.55. The van der Waals surface area contributed by atoms with Crippen LogP contribution in [0.3, 0.4) is 0 Å². The molecule has 2 aromatic heterocycles. The van der Waals surface area contributed by atoms with Gasteiger partial charge in [-0.25, -0.2) is 4.98 Å². The minimum atomic E-state index is -0.650. The SMILES string of the molecule is O=C(COc1c(C=Nn2c(-c3cc4cc(Cl)ccc4o3)nc3ccccc3c2=O)cc(Br)cc1[N+](=O)[O-])Nc1ccc(Cl)cc1. The Bertz CT molecular complexity index is 2220. The number of nitrogens with zero attached hydrogens (tertiary/aromatic N) is 4. The molecule has 4 aromatic carbocycles. The molecule has 14 heteroatoms. The quantitative estimate of drug-likeness (QED) is 0.0972. The number of ether oxygens (including phenoxy) is 1. The number of aromatic nitrogens is 2. The van der Waals surface area contributed by atoms with E-state index in [0.717, 1.165) is 4.68 Å². The number of halogens is 3. The van der Waals surface area contributed by atoms with Gasteiger partial charge in [-0.15, -0.1) is 0 Å². The van der Waals surface area contributed by atoms with Gasteiger partial charge in [-0.3, -0.25) is 19.7 Å². The molecule has 1 N–H and O–H groups in total. The third kappa shape index (κ3) is 6.43. The summed E-state index contributed by atoms with van der Waals surface area (Å²) in [6, 6.07) is 22.6. The highest BCUT2D eigenvalue weighted by molar-refractivity contribution is 9.10. The molecule has 6 rings (SSSR count). The molecule has 45 heavy (non-hydrogen) atoms. The number of para-hydroxylation sites is 1. The largest absolute Gasteiger partial charge is 0.476 e. The van der Waals surface area contributed by atoms with Gasteiger partial charge in [0, 0.05) is 37.2 Å². The maximum Gasteiger partial charge on any atom is 0.312 e. The number of amides is 1. The third-order valence-corrected chi connectivity index (χ3v) is 7.44. The molecule has 11 nitrogen and oxygen atoms in total. The van der Waals surface area contributed by atoms with Gasteiger partial charge in [-0.05, 0) is 66.7 Å². The van der Waals surface area contributed by atoms with Gasteiger partial charge in [0.2, 0.25) is 11.6 Å². The van der Waals surface area contributed by atoms with Gasteiger partial charge in [0.25, 0.3) is 11.5 Å². The van der Waals surface area contributed by atoms with Gasteiger partial charge < -0.3 is 14.5 Å². The fourth-order valence-electron chi connectivity index (χ4n) is 4.49. The molecular weight excluding hydrogens is 689 g/mol. The van der Waals surface area contributed by atoms with E-state index in [0.29, 0.717) is 36.7 Å². The van der Waals surface area contributed by atoms with Crippen LogP contribution >= 0.6 is 39.1 Å². The van der Waals surface area contributed by atoms with Crippen molar-refractivity contribution in [3.05, 3.63) is 125 Å². The van der Waals surface area contributed by atoms with Gasteiger partial charge >= 0.3 is 5.69 Å². The summed E-state index contributed by atoms with van der Waals surface area (Å²) in [5.74, 6) is -0.487. The summed E-state index contributed by atoms with van der Waals surface area (Å²) in [5.41, 5.74) is 0.559. The lowest BCUT2D eigenvalue weighted by molar-refractivity contribution is -0.385. The maximum absolute atomic E-state index is 13.7. The first-order valence-corrected chi connectivity index (χ1v) is 14.6. The van der Waals surface area contributed by atoms with Crippen LogP contribution < -0.4 is 15.6 Å². The van der Waals surface area contributed by atoms with E-state index in [4.69, 9.17) is 32.4 Å². The Kier molecular flexibility index (Phi) is 8.35. The van der Waals surface area contributed by atoms with Crippen LogP contribution in [0.4, 0.5) is 11.4 Å². The number of nitro benzene ring substituents is 1. The smallest absolute Gasteiger partial charge is 0.312 e. The lowest BCUT2D eigenvalue weighted by Gasteiger charge is -2.11. The highest BCUT2D eigenvalue weighted by Gasteiger charge is 2.22. The van der Waals surface area contributed by atoms with Crippen molar-refractivity contribution in [2.45, 2.75) is 0 Å². The Morgan fingerprint density at radius 1 is 1.07 bits per heavy atom. The number of anilines is 1. The normalized spacial score (nSPS) is 11.4. The average molecular weight is 707 g/mol. The number of carbonyl (C=O) groups excluding carboxylic acids is 1. The van der Waals surface area contributed by atoms with E-state index >= 15 is 0 Å². The van der Waals surface area contributed by atoms with Crippen LogP contribution in [-0.4, -0.2) is 33.3 Å². The average Bonchev–Trinajstić information content (AvgIpc) is 3.44. The summed E-state index contributed by atoms with van der Waals surface area (Å²) in [4.78, 5) is 42.3. The number of nitrogens with one attached hydrogen (secondary N) is 1. The van der Waals surface area contributed by atoms with Gasteiger partial charge in [-0.1, -0.05) is 51.3 Å². The molecule has 0 spiro atoms. The molecule has 0 aliphatic heterocycles. The molecule has 0 saturated heterocycles. The highest BCUT2D eigenvalue weighted by Crippen LogP contribution is 2.34. The summed E-state index contributed by atoms with van der Waals surface area (Å²) >= 11 is 15.3. The van der Waals surface area contributed by atoms with Crippen molar-refractivity contribution in [3.8, 4) is 17.3 Å². The number of carbonyl (C=O) groups is 1. The number of hydrogen-bond donors (Lipinski definition) is 1. The van der Waals surface area contributed by atoms with Crippen LogP contribution in [0.5, 0.6) is 5.75 Å². The van der Waals surface area contributed by atoms with Gasteiger partial charge in [-0.2, -0.15) is 9.78 Å². The molecule has 0 aliphatic rings. The summed E-state index contributed by atoms with van der Waals surface area (Å²) < 4.78 is 13.0. The molecule has 0 radical (unpaired) electrons. The Hall–Kier alpha value is -5.04. The summed E-state index contributed by atoms with van der Waals surface area (Å²) in [7, 11) is 0. The van der Waals surface area contributed by atoms with Gasteiger partial charge in [0.1, 0.15) is 5.58 Å². The van der Waals surface area contributed by atoms with E-state index in [1.54, 1.807) is 72.8 Å². The van der Waals surface area contributed by atoms with Crippen LogP contribution in [0.2, 0.25) is 10.0 Å². The lowest BCUT2D eigenvalue weighted by Crippen LogP contribution is -2.21. The molecule has 1 amide bonds. The van der Waals surface area contributed by atoms with Crippen LogP contribution in [0.15, 0.2) is 104 Å². The second kappa shape index (κ2) is 12.5. The van der Waals surface area contributed by atoms with E-state index in [-0.39, 0.29) is 28.3 Å². The highest BCUT2D eigenvalue weighted by atomic mass is 79.9. The minimum Gasteiger partial charge on any atom is -0.476 e. The number of hydrogen-bond acceptors (Lipinski definition) is 8. The minimum absolute atomic E-state index is 0.0802. The molecule has 0 unspecified atom stereocenters. The van der Waals surface area contributed by atoms with Crippen LogP contribution in [-0.2, 0) is 4.79 Å². The zero-order chi connectivity index (χ0) is 31.7. The molecule has 2 heterocycles.